The van der Waals surface area contributed by atoms with Gasteiger partial charge in [0, 0.05) is 5.02 Å². The first-order valence-corrected chi connectivity index (χ1v) is 10.5. The molecule has 0 aromatic heterocycles. The van der Waals surface area contributed by atoms with Crippen molar-refractivity contribution in [2.24, 2.45) is 0 Å². The van der Waals surface area contributed by atoms with Gasteiger partial charge in [0.15, 0.2) is 8.32 Å². The van der Waals surface area contributed by atoms with E-state index in [2.05, 4.69) is 33.9 Å². The maximum absolute atomic E-state index is 10.0. The van der Waals surface area contributed by atoms with Crippen LogP contribution in [0.1, 0.15) is 26.3 Å². The fourth-order valence-electron chi connectivity index (χ4n) is 1.47. The lowest BCUT2D eigenvalue weighted by atomic mass is 10.2. The lowest BCUT2D eigenvalue weighted by Gasteiger charge is -2.36. The molecule has 22 heavy (non-hydrogen) atoms. The first-order chi connectivity index (χ1) is 10.1. The minimum Gasteiger partial charge on any atom is -0.489 e. The molecule has 6 heteroatoms. The van der Waals surface area contributed by atoms with Gasteiger partial charge in [-0.15, -0.1) is 0 Å². The minimum atomic E-state index is -1.89. The first-order valence-electron chi connectivity index (χ1n) is 7.21. The van der Waals surface area contributed by atoms with Crippen LogP contribution in [0.5, 0.6) is 5.75 Å². The second-order valence-corrected chi connectivity index (χ2v) is 12.0. The zero-order chi connectivity index (χ0) is 17.0. The summed E-state index contributed by atoms with van der Waals surface area (Å²) in [6, 6.07) is 6.83. The quantitative estimate of drug-likeness (QED) is 0.795. The van der Waals surface area contributed by atoms with Gasteiger partial charge >= 0.3 is 0 Å². The average Bonchev–Trinajstić information content (AvgIpc) is 2.42. The summed E-state index contributed by atoms with van der Waals surface area (Å²) in [6.07, 6.45) is -0.739. The third-order valence-electron chi connectivity index (χ3n) is 3.94. The first kappa shape index (κ1) is 19.0. The molecule has 0 bridgehead atoms. The highest BCUT2D eigenvalue weighted by Crippen LogP contribution is 2.36. The van der Waals surface area contributed by atoms with Crippen LogP contribution in [0.15, 0.2) is 18.2 Å². The second kappa shape index (κ2) is 7.47. The van der Waals surface area contributed by atoms with Crippen molar-refractivity contribution in [1.29, 1.82) is 5.26 Å². The molecule has 0 fully saturated rings. The largest absolute Gasteiger partial charge is 0.489 e. The molecule has 0 radical (unpaired) electrons. The van der Waals surface area contributed by atoms with Gasteiger partial charge in [-0.25, -0.2) is 0 Å². The topological polar surface area (TPSA) is 62.5 Å². The van der Waals surface area contributed by atoms with Gasteiger partial charge in [-0.3, -0.25) is 0 Å². The zero-order valence-electron chi connectivity index (χ0n) is 13.8. The molecular formula is C16H24ClNO3Si. The monoisotopic (exact) mass is 341 g/mol. The molecule has 1 N–H and O–H groups in total. The Morgan fingerprint density at radius 3 is 2.50 bits per heavy atom. The summed E-state index contributed by atoms with van der Waals surface area (Å²) < 4.78 is 11.4. The highest BCUT2D eigenvalue weighted by molar-refractivity contribution is 6.74. The fraction of sp³-hybridized carbons (Fsp3) is 0.562. The molecule has 1 aromatic carbocycles. The van der Waals surface area contributed by atoms with Crippen molar-refractivity contribution in [3.8, 4) is 11.8 Å². The van der Waals surface area contributed by atoms with Crippen LogP contribution in [0, 0.1) is 11.3 Å². The number of halogens is 1. The average molecular weight is 342 g/mol. The van der Waals surface area contributed by atoms with E-state index in [1.54, 1.807) is 12.1 Å². The Labute approximate surface area is 138 Å². The number of aliphatic hydroxyl groups is 1. The lowest BCUT2D eigenvalue weighted by molar-refractivity contribution is 0.0575. The number of ether oxygens (including phenoxy) is 1. The molecule has 0 saturated heterocycles. The van der Waals surface area contributed by atoms with Crippen molar-refractivity contribution in [2.45, 2.75) is 45.0 Å². The molecule has 122 valence electrons. The van der Waals surface area contributed by atoms with Gasteiger partial charge in [-0.05, 0) is 36.3 Å². The van der Waals surface area contributed by atoms with Crippen molar-refractivity contribution in [2.75, 3.05) is 13.2 Å². The van der Waals surface area contributed by atoms with E-state index in [1.807, 2.05) is 6.07 Å². The molecule has 1 aromatic rings. The van der Waals surface area contributed by atoms with Gasteiger partial charge in [-0.1, -0.05) is 32.4 Å². The van der Waals surface area contributed by atoms with E-state index in [0.717, 1.165) is 0 Å². The number of nitriles is 1. The van der Waals surface area contributed by atoms with E-state index < -0.39 is 14.4 Å². The summed E-state index contributed by atoms with van der Waals surface area (Å²) >= 11 is 5.83. The van der Waals surface area contributed by atoms with E-state index in [9.17, 15) is 5.11 Å². The molecule has 1 rings (SSSR count). The standard InChI is InChI=1S/C16H24ClNO3Si/c1-16(2,3)22(4,5)21-11-14(19)10-20-15-7-6-13(17)8-12(15)9-18/h6-8,14,19H,10-11H2,1-5H3/t14-/m0/s1. The number of hydrogen-bond donors (Lipinski definition) is 1. The van der Waals surface area contributed by atoms with Crippen LogP contribution in [0.25, 0.3) is 0 Å². The molecular weight excluding hydrogens is 318 g/mol. The number of nitrogens with zero attached hydrogens (tertiary/aromatic N) is 1. The fourth-order valence-corrected chi connectivity index (χ4v) is 2.68. The Kier molecular flexibility index (Phi) is 6.45. The van der Waals surface area contributed by atoms with E-state index in [0.29, 0.717) is 16.3 Å². The Morgan fingerprint density at radius 1 is 1.32 bits per heavy atom. The number of rotatable bonds is 6. The molecule has 1 atom stereocenters. The second-order valence-electron chi connectivity index (χ2n) is 6.79. The van der Waals surface area contributed by atoms with Crippen LogP contribution >= 0.6 is 11.6 Å². The SMILES string of the molecule is CC(C)(C)[Si](C)(C)OC[C@@H](O)COc1ccc(Cl)cc1C#N. The summed E-state index contributed by atoms with van der Waals surface area (Å²) in [5.41, 5.74) is 0.352. The summed E-state index contributed by atoms with van der Waals surface area (Å²) in [5.74, 6) is 0.415. The number of hydrogen-bond acceptors (Lipinski definition) is 4. The summed E-state index contributed by atoms with van der Waals surface area (Å²) in [7, 11) is -1.89. The number of aliphatic hydroxyl groups excluding tert-OH is 1. The van der Waals surface area contributed by atoms with Crippen molar-refractivity contribution in [3.05, 3.63) is 28.8 Å². The minimum absolute atomic E-state index is 0.0743. The van der Waals surface area contributed by atoms with E-state index in [4.69, 9.17) is 26.0 Å². The molecule has 0 saturated carbocycles. The van der Waals surface area contributed by atoms with Gasteiger partial charge in [0.05, 0.1) is 12.2 Å². The van der Waals surface area contributed by atoms with E-state index in [1.165, 1.54) is 6.07 Å². The lowest BCUT2D eigenvalue weighted by Crippen LogP contribution is -2.43. The molecule has 0 heterocycles. The Balaban J connectivity index is 2.54. The van der Waals surface area contributed by atoms with E-state index in [-0.39, 0.29) is 18.3 Å². The molecule has 0 spiro atoms. The molecule has 4 nitrogen and oxygen atoms in total. The van der Waals surface area contributed by atoms with Crippen LogP contribution in [0.3, 0.4) is 0 Å². The number of benzene rings is 1. The predicted molar refractivity (Wildman–Crippen MR) is 90.8 cm³/mol. The Morgan fingerprint density at radius 2 is 1.95 bits per heavy atom. The van der Waals surface area contributed by atoms with Gasteiger partial charge in [0.1, 0.15) is 24.5 Å². The maximum Gasteiger partial charge on any atom is 0.192 e. The van der Waals surface area contributed by atoms with Crippen LogP contribution in [-0.2, 0) is 4.43 Å². The van der Waals surface area contributed by atoms with Crippen LogP contribution in [0.4, 0.5) is 0 Å². The third kappa shape index (κ3) is 5.29. The normalized spacial score (nSPS) is 13.5. The van der Waals surface area contributed by atoms with Gasteiger partial charge in [-0.2, -0.15) is 5.26 Å². The predicted octanol–water partition coefficient (Wildman–Crippen LogP) is 3.97. The highest BCUT2D eigenvalue weighted by Gasteiger charge is 2.37. The van der Waals surface area contributed by atoms with Gasteiger partial charge in [0.2, 0.25) is 0 Å². The van der Waals surface area contributed by atoms with Crippen LogP contribution in [-0.4, -0.2) is 32.7 Å². The highest BCUT2D eigenvalue weighted by atomic mass is 35.5. The summed E-state index contributed by atoms with van der Waals surface area (Å²) in [5, 5.41) is 19.6. The van der Waals surface area contributed by atoms with Crippen molar-refractivity contribution in [3.63, 3.8) is 0 Å². The van der Waals surface area contributed by atoms with Crippen molar-refractivity contribution in [1.82, 2.24) is 0 Å². The van der Waals surface area contributed by atoms with E-state index >= 15 is 0 Å². The molecule has 0 aliphatic rings. The van der Waals surface area contributed by atoms with Crippen molar-refractivity contribution < 1.29 is 14.3 Å². The molecule has 0 aliphatic carbocycles. The van der Waals surface area contributed by atoms with Crippen molar-refractivity contribution >= 4 is 19.9 Å². The smallest absolute Gasteiger partial charge is 0.192 e. The Hall–Kier alpha value is -1.06. The van der Waals surface area contributed by atoms with Crippen LogP contribution in [0.2, 0.25) is 23.2 Å². The van der Waals surface area contributed by atoms with Gasteiger partial charge < -0.3 is 14.3 Å². The molecule has 0 amide bonds. The molecule has 0 aliphatic heterocycles. The maximum atomic E-state index is 10.0. The zero-order valence-corrected chi connectivity index (χ0v) is 15.6. The molecule has 0 unspecified atom stereocenters. The third-order valence-corrected chi connectivity index (χ3v) is 8.67. The van der Waals surface area contributed by atoms with Crippen LogP contribution < -0.4 is 4.74 Å². The summed E-state index contributed by atoms with van der Waals surface area (Å²) in [4.78, 5) is 0. The van der Waals surface area contributed by atoms with Gasteiger partial charge in [0.25, 0.3) is 0 Å². The Bertz CT molecular complexity index is 549. The summed E-state index contributed by atoms with van der Waals surface area (Å²) in [6.45, 7) is 11.0.